The maximum atomic E-state index is 0. The van der Waals surface area contributed by atoms with Crippen molar-refractivity contribution in [2.45, 2.75) is 0 Å². The predicted molar refractivity (Wildman–Crippen MR) is 10.8 cm³/mol. The van der Waals surface area contributed by atoms with Crippen molar-refractivity contribution in [3.8, 4) is 0 Å². The Labute approximate surface area is 58.6 Å². The Morgan fingerprint density at radius 1 is 0.600 bits per heavy atom. The van der Waals surface area contributed by atoms with E-state index in [1.807, 2.05) is 0 Å². The van der Waals surface area contributed by atoms with E-state index in [1.165, 1.54) is 0 Å². The molecule has 0 rings (SSSR count). The molecule has 0 heterocycles. The van der Waals surface area contributed by atoms with Gasteiger partial charge in [0.1, 0.15) is 0 Å². The topological polar surface area (TPSA) is 94.5 Å². The molecule has 5 heteroatoms. The van der Waals surface area contributed by atoms with Crippen LogP contribution in [0.1, 0.15) is 0 Å². The second-order valence-corrected chi connectivity index (χ2v) is 0. The van der Waals surface area contributed by atoms with Gasteiger partial charge >= 0.3 is 0 Å². The van der Waals surface area contributed by atoms with Crippen LogP contribution in [0.2, 0.25) is 0 Å². The van der Waals surface area contributed by atoms with Gasteiger partial charge < -0.3 is 16.4 Å². The molecule has 6 N–H and O–H groups in total. The molecule has 0 radical (unpaired) electrons. The summed E-state index contributed by atoms with van der Waals surface area (Å²) in [5, 5.41) is 0. The first kappa shape index (κ1) is 109. The number of hydrogen-bond donors (Lipinski definition) is 0. The maximum Gasteiger partial charge on any atom is 0 e. The van der Waals surface area contributed by atoms with Crippen LogP contribution in [-0.4, -0.2) is 16.4 Å². The quantitative estimate of drug-likeness (QED) is 0.439. The summed E-state index contributed by atoms with van der Waals surface area (Å²) in [6, 6.07) is 0. The van der Waals surface area contributed by atoms with E-state index in [9.17, 15) is 0 Å². The maximum absolute atomic E-state index is 0. The normalized spacial score (nSPS) is 0. The van der Waals surface area contributed by atoms with Crippen LogP contribution in [0.25, 0.3) is 0 Å². The molecule has 0 spiro atoms. The molecule has 0 aliphatic heterocycles. The van der Waals surface area contributed by atoms with Gasteiger partial charge in [0.2, 0.25) is 0 Å². The number of hydrogen-bond acceptors (Lipinski definition) is 0. The molecule has 0 aliphatic carbocycles. The molecule has 0 atom stereocenters. The molecular weight excluding hydrogens is 328 g/mol. The van der Waals surface area contributed by atoms with Crippen LogP contribution in [0.5, 0.6) is 0 Å². The van der Waals surface area contributed by atoms with Crippen LogP contribution in [-0.2, 0) is 42.1 Å². The van der Waals surface area contributed by atoms with Crippen molar-refractivity contribution in [1.82, 2.24) is 0 Å². The van der Waals surface area contributed by atoms with Gasteiger partial charge in [0.15, 0.2) is 0 Å². The van der Waals surface area contributed by atoms with Crippen molar-refractivity contribution in [3.63, 3.8) is 0 Å². The summed E-state index contributed by atoms with van der Waals surface area (Å²) in [7, 11) is 0. The first-order valence-corrected chi connectivity index (χ1v) is 0. The zero-order chi connectivity index (χ0) is 0. The summed E-state index contributed by atoms with van der Waals surface area (Å²) >= 11 is 0. The molecule has 0 saturated heterocycles. The van der Waals surface area contributed by atoms with E-state index in [0.29, 0.717) is 0 Å². The molecule has 0 unspecified atom stereocenters. The minimum atomic E-state index is 0. The van der Waals surface area contributed by atoms with Crippen molar-refractivity contribution in [2.24, 2.45) is 0 Å². The third-order valence-electron chi connectivity index (χ3n) is 0. The summed E-state index contributed by atoms with van der Waals surface area (Å²) in [5.74, 6) is 0. The molecule has 0 aromatic rings. The first-order valence-electron chi connectivity index (χ1n) is 0. The molecule has 3 nitrogen and oxygen atoms in total. The molecule has 0 saturated carbocycles. The Balaban J connectivity index is 0. The van der Waals surface area contributed by atoms with Gasteiger partial charge in [-0.3, -0.25) is 0 Å². The van der Waals surface area contributed by atoms with Gasteiger partial charge in [-0.1, -0.05) is 0 Å². The smallest absolute Gasteiger partial charge is 0 e. The third kappa shape index (κ3) is 35.3. The molecule has 5 heavy (non-hydrogen) atoms. The molecule has 0 aliphatic rings. The number of rotatable bonds is 0. The fourth-order valence-corrected chi connectivity index (χ4v) is 0. The fourth-order valence-electron chi connectivity index (χ4n) is 0. The Morgan fingerprint density at radius 2 is 0.600 bits per heavy atom. The Bertz CT molecular complexity index is 6.85. The SMILES string of the molecule is O.O.O.[Mo].[W]. The molecule has 0 bridgehead atoms. The van der Waals surface area contributed by atoms with E-state index in [0.717, 1.165) is 0 Å². The average Bonchev–Trinajstić information content (AvgIpc) is 0. The van der Waals surface area contributed by atoms with Crippen LogP contribution < -0.4 is 0 Å². The van der Waals surface area contributed by atoms with Gasteiger partial charge in [-0.15, -0.1) is 0 Å². The van der Waals surface area contributed by atoms with Crippen LogP contribution >= 0.6 is 0 Å². The van der Waals surface area contributed by atoms with E-state index < -0.39 is 0 Å². The zero-order valence-corrected chi connectivity index (χ0v) is 7.26. The summed E-state index contributed by atoms with van der Waals surface area (Å²) in [5.41, 5.74) is 0. The molecule has 0 aromatic carbocycles. The summed E-state index contributed by atoms with van der Waals surface area (Å²) in [4.78, 5) is 0. The molecule has 0 aromatic heterocycles. The van der Waals surface area contributed by atoms with Gasteiger partial charge in [-0.05, 0) is 0 Å². The van der Waals surface area contributed by atoms with Gasteiger partial charge in [0, 0.05) is 42.1 Å². The van der Waals surface area contributed by atoms with Crippen LogP contribution in [0, 0.1) is 0 Å². The van der Waals surface area contributed by atoms with Gasteiger partial charge in [0.05, 0.1) is 0 Å². The predicted octanol–water partition coefficient (Wildman–Crippen LogP) is -2.48. The Morgan fingerprint density at radius 3 is 0.600 bits per heavy atom. The van der Waals surface area contributed by atoms with Crippen molar-refractivity contribution < 1.29 is 58.6 Å². The fraction of sp³-hybridized carbons (Fsp3) is 0. The van der Waals surface area contributed by atoms with E-state index in [2.05, 4.69) is 0 Å². The van der Waals surface area contributed by atoms with Crippen molar-refractivity contribution in [2.75, 3.05) is 0 Å². The van der Waals surface area contributed by atoms with Crippen molar-refractivity contribution in [1.29, 1.82) is 0 Å². The van der Waals surface area contributed by atoms with Crippen molar-refractivity contribution in [3.05, 3.63) is 0 Å². The van der Waals surface area contributed by atoms with Crippen LogP contribution in [0.3, 0.4) is 0 Å². The average molecular weight is 334 g/mol. The van der Waals surface area contributed by atoms with E-state index in [-0.39, 0.29) is 58.6 Å². The monoisotopic (exact) mass is 336 g/mol. The third-order valence-corrected chi connectivity index (χ3v) is 0. The summed E-state index contributed by atoms with van der Waals surface area (Å²) in [6.45, 7) is 0. The molecular formula is H6MoO3W. The van der Waals surface area contributed by atoms with E-state index in [1.54, 1.807) is 0 Å². The Kier molecular flexibility index (Phi) is 1320. The Hall–Kier alpha value is 1.26. The van der Waals surface area contributed by atoms with Crippen molar-refractivity contribution >= 4 is 0 Å². The van der Waals surface area contributed by atoms with Gasteiger partial charge in [-0.2, -0.15) is 0 Å². The zero-order valence-electron chi connectivity index (χ0n) is 2.32. The second kappa shape index (κ2) is 60.3. The van der Waals surface area contributed by atoms with E-state index >= 15 is 0 Å². The second-order valence-electron chi connectivity index (χ2n) is 0. The standard InChI is InChI=1S/Mo.3H2O.W/h;3*1H2;. The van der Waals surface area contributed by atoms with Crippen LogP contribution in [0.4, 0.5) is 0 Å². The molecule has 0 fully saturated rings. The molecule has 0 amide bonds. The minimum absolute atomic E-state index is 0. The minimum Gasteiger partial charge on any atom is -0.412 e. The van der Waals surface area contributed by atoms with E-state index in [4.69, 9.17) is 0 Å². The largest absolute Gasteiger partial charge is 0.412 e. The summed E-state index contributed by atoms with van der Waals surface area (Å²) < 4.78 is 0. The first-order chi connectivity index (χ1) is 0. The van der Waals surface area contributed by atoms with Gasteiger partial charge in [-0.25, -0.2) is 0 Å². The summed E-state index contributed by atoms with van der Waals surface area (Å²) in [6.07, 6.45) is 0. The van der Waals surface area contributed by atoms with Gasteiger partial charge in [0.25, 0.3) is 0 Å². The molecule has 36 valence electrons. The van der Waals surface area contributed by atoms with Crippen LogP contribution in [0.15, 0.2) is 0 Å².